The van der Waals surface area contributed by atoms with E-state index >= 15 is 0 Å². The summed E-state index contributed by atoms with van der Waals surface area (Å²) in [5.74, 6) is -0.266. The maximum absolute atomic E-state index is 10.6. The molecule has 118 valence electrons. The van der Waals surface area contributed by atoms with Gasteiger partial charge in [0.05, 0.1) is 0 Å². The smallest absolute Gasteiger partial charge is 0.386 e. The van der Waals surface area contributed by atoms with E-state index in [1.54, 1.807) is 6.07 Å². The van der Waals surface area contributed by atoms with Gasteiger partial charge in [-0.3, -0.25) is 0 Å². The number of nitrogens with zero attached hydrogens (tertiary/aromatic N) is 2. The number of aromatic nitrogens is 1. The van der Waals surface area contributed by atoms with E-state index in [1.165, 1.54) is 11.6 Å². The fourth-order valence-corrected chi connectivity index (χ4v) is 1.69. The van der Waals surface area contributed by atoms with Gasteiger partial charge in [-0.15, -0.1) is 0 Å². The van der Waals surface area contributed by atoms with Gasteiger partial charge in [-0.05, 0) is 46.7 Å². The molecule has 2 aromatic rings. The highest BCUT2D eigenvalue weighted by Gasteiger charge is 2.24. The van der Waals surface area contributed by atoms with Gasteiger partial charge in [0.25, 0.3) is 0 Å². The number of nitrogen functional groups attached to an aromatic ring is 2. The van der Waals surface area contributed by atoms with E-state index in [0.717, 1.165) is 5.69 Å². The van der Waals surface area contributed by atoms with Crippen molar-refractivity contribution in [3.8, 4) is 0 Å². The zero-order valence-corrected chi connectivity index (χ0v) is 13.3. The van der Waals surface area contributed by atoms with Crippen molar-refractivity contribution in [3.63, 3.8) is 0 Å². The molecule has 6 nitrogen and oxygen atoms in total. The van der Waals surface area contributed by atoms with E-state index in [0.29, 0.717) is 5.69 Å². The first-order chi connectivity index (χ1) is 10.1. The monoisotopic (exact) mass is 302 g/mol. The number of rotatable bonds is 1. The zero-order chi connectivity index (χ0) is 16.9. The SMILES string of the molecule is CC(C)(C)c1ccc(N)c([N+](=O)[O-])n1.Cc1cccc(N)c1. The van der Waals surface area contributed by atoms with Gasteiger partial charge in [0.2, 0.25) is 0 Å². The lowest BCUT2D eigenvalue weighted by atomic mass is 9.91. The van der Waals surface area contributed by atoms with Crippen molar-refractivity contribution in [2.75, 3.05) is 11.5 Å². The van der Waals surface area contributed by atoms with Gasteiger partial charge < -0.3 is 21.6 Å². The summed E-state index contributed by atoms with van der Waals surface area (Å²) in [4.78, 5) is 13.9. The highest BCUT2D eigenvalue weighted by Crippen LogP contribution is 2.25. The van der Waals surface area contributed by atoms with Crippen molar-refractivity contribution in [1.29, 1.82) is 0 Å². The van der Waals surface area contributed by atoms with E-state index < -0.39 is 4.92 Å². The molecule has 0 spiro atoms. The summed E-state index contributed by atoms with van der Waals surface area (Å²) in [6.07, 6.45) is 0. The van der Waals surface area contributed by atoms with Crippen LogP contribution in [-0.4, -0.2) is 9.91 Å². The molecule has 1 aromatic heterocycles. The maximum Gasteiger partial charge on any atom is 0.386 e. The molecule has 0 saturated heterocycles. The van der Waals surface area contributed by atoms with E-state index in [-0.39, 0.29) is 16.9 Å². The minimum absolute atomic E-state index is 0.100. The fourth-order valence-electron chi connectivity index (χ4n) is 1.69. The number of nitro groups is 1. The van der Waals surface area contributed by atoms with Crippen LogP contribution >= 0.6 is 0 Å². The second kappa shape index (κ2) is 6.89. The summed E-state index contributed by atoms with van der Waals surface area (Å²) < 4.78 is 0. The van der Waals surface area contributed by atoms with Crippen LogP contribution in [0.25, 0.3) is 0 Å². The molecule has 0 bridgehead atoms. The van der Waals surface area contributed by atoms with E-state index in [9.17, 15) is 10.1 Å². The number of benzene rings is 1. The van der Waals surface area contributed by atoms with Crippen LogP contribution < -0.4 is 11.5 Å². The molecular weight excluding hydrogens is 280 g/mol. The highest BCUT2D eigenvalue weighted by atomic mass is 16.6. The predicted molar refractivity (Wildman–Crippen MR) is 89.6 cm³/mol. The number of hydrogen-bond donors (Lipinski definition) is 2. The lowest BCUT2D eigenvalue weighted by Crippen LogP contribution is -2.14. The van der Waals surface area contributed by atoms with Crippen LogP contribution in [0.5, 0.6) is 0 Å². The molecule has 0 aliphatic heterocycles. The average Bonchev–Trinajstić information content (AvgIpc) is 2.37. The highest BCUT2D eigenvalue weighted by molar-refractivity contribution is 5.53. The van der Waals surface area contributed by atoms with Crippen molar-refractivity contribution in [3.05, 3.63) is 57.8 Å². The van der Waals surface area contributed by atoms with Gasteiger partial charge in [-0.25, -0.2) is 0 Å². The standard InChI is InChI=1S/C9H13N3O2.C7H9N/c1-9(2,3)7-5-4-6(10)8(11-7)12(13)14;1-6-3-2-4-7(8)5-6/h4-5H,10H2,1-3H3;2-5H,8H2,1H3. The van der Waals surface area contributed by atoms with Gasteiger partial charge in [-0.1, -0.05) is 32.9 Å². The molecule has 4 N–H and O–H groups in total. The second-order valence-corrected chi connectivity index (χ2v) is 6.03. The summed E-state index contributed by atoms with van der Waals surface area (Å²) in [5.41, 5.74) is 13.5. The van der Waals surface area contributed by atoms with Crippen molar-refractivity contribution < 1.29 is 4.92 Å². The molecule has 0 unspecified atom stereocenters. The Balaban J connectivity index is 0.000000255. The van der Waals surface area contributed by atoms with Gasteiger partial charge in [0.15, 0.2) is 5.69 Å². The molecule has 1 heterocycles. The Morgan fingerprint density at radius 1 is 1.14 bits per heavy atom. The summed E-state index contributed by atoms with van der Waals surface area (Å²) in [6, 6.07) is 11.0. The van der Waals surface area contributed by atoms with Gasteiger partial charge in [0, 0.05) is 11.1 Å². The van der Waals surface area contributed by atoms with Crippen LogP contribution in [0.3, 0.4) is 0 Å². The van der Waals surface area contributed by atoms with E-state index in [4.69, 9.17) is 11.5 Å². The molecule has 22 heavy (non-hydrogen) atoms. The Morgan fingerprint density at radius 3 is 2.18 bits per heavy atom. The molecule has 0 saturated carbocycles. The van der Waals surface area contributed by atoms with Gasteiger partial charge in [0.1, 0.15) is 5.69 Å². The number of aryl methyl sites for hydroxylation is 1. The van der Waals surface area contributed by atoms with Crippen LogP contribution in [0, 0.1) is 17.0 Å². The third-order valence-corrected chi connectivity index (χ3v) is 2.89. The number of nitrogens with two attached hydrogens (primary N) is 2. The minimum atomic E-state index is -0.565. The molecule has 1 aromatic carbocycles. The Bertz CT molecular complexity index is 646. The van der Waals surface area contributed by atoms with E-state index in [2.05, 4.69) is 4.98 Å². The topological polar surface area (TPSA) is 108 Å². The lowest BCUT2D eigenvalue weighted by molar-refractivity contribution is -0.388. The van der Waals surface area contributed by atoms with Crippen LogP contribution in [-0.2, 0) is 5.41 Å². The largest absolute Gasteiger partial charge is 0.399 e. The van der Waals surface area contributed by atoms with Crippen molar-refractivity contribution in [2.45, 2.75) is 33.1 Å². The summed E-state index contributed by atoms with van der Waals surface area (Å²) in [6.45, 7) is 7.84. The van der Waals surface area contributed by atoms with Crippen LogP contribution in [0.4, 0.5) is 17.2 Å². The van der Waals surface area contributed by atoms with Gasteiger partial charge >= 0.3 is 5.82 Å². The van der Waals surface area contributed by atoms with Crippen LogP contribution in [0.2, 0.25) is 0 Å². The predicted octanol–water partition coefficient (Wildman–Crippen LogP) is 3.45. The molecule has 0 fully saturated rings. The number of hydrogen-bond acceptors (Lipinski definition) is 5. The summed E-state index contributed by atoms with van der Waals surface area (Å²) >= 11 is 0. The quantitative estimate of drug-likeness (QED) is 0.476. The molecule has 0 aliphatic rings. The van der Waals surface area contributed by atoms with E-state index in [1.807, 2.05) is 52.0 Å². The van der Waals surface area contributed by atoms with Crippen molar-refractivity contribution >= 4 is 17.2 Å². The lowest BCUT2D eigenvalue weighted by Gasteiger charge is -2.13. The Kier molecular flexibility index (Phi) is 5.45. The molecular formula is C16H22N4O2. The number of anilines is 2. The van der Waals surface area contributed by atoms with Crippen LogP contribution in [0.15, 0.2) is 36.4 Å². The Labute approximate surface area is 130 Å². The van der Waals surface area contributed by atoms with Crippen molar-refractivity contribution in [2.24, 2.45) is 0 Å². The average molecular weight is 302 g/mol. The molecule has 2 rings (SSSR count). The Hall–Kier alpha value is -2.63. The Morgan fingerprint density at radius 2 is 1.77 bits per heavy atom. The fraction of sp³-hybridized carbons (Fsp3) is 0.312. The van der Waals surface area contributed by atoms with Crippen LogP contribution in [0.1, 0.15) is 32.0 Å². The second-order valence-electron chi connectivity index (χ2n) is 6.03. The first-order valence-corrected chi connectivity index (χ1v) is 6.85. The molecule has 0 aliphatic carbocycles. The molecule has 6 heteroatoms. The molecule has 0 amide bonds. The minimum Gasteiger partial charge on any atom is -0.399 e. The first kappa shape index (κ1) is 17.4. The summed E-state index contributed by atoms with van der Waals surface area (Å²) in [7, 11) is 0. The van der Waals surface area contributed by atoms with Gasteiger partial charge in [-0.2, -0.15) is 0 Å². The van der Waals surface area contributed by atoms with Crippen molar-refractivity contribution in [1.82, 2.24) is 4.98 Å². The zero-order valence-electron chi connectivity index (χ0n) is 13.3. The third kappa shape index (κ3) is 5.05. The maximum atomic E-state index is 10.6. The third-order valence-electron chi connectivity index (χ3n) is 2.89. The first-order valence-electron chi connectivity index (χ1n) is 6.85. The normalized spacial score (nSPS) is 10.5. The molecule has 0 atom stereocenters. The number of pyridine rings is 1. The molecule has 0 radical (unpaired) electrons. The summed E-state index contributed by atoms with van der Waals surface area (Å²) in [5, 5.41) is 10.6.